The van der Waals surface area contributed by atoms with Crippen molar-refractivity contribution >= 4 is 16.7 Å². The summed E-state index contributed by atoms with van der Waals surface area (Å²) < 4.78 is 1.93. The molecule has 0 unspecified atom stereocenters. The first-order chi connectivity index (χ1) is 10.7. The molecular weight excluding hydrogens is 272 g/mol. The predicted molar refractivity (Wildman–Crippen MR) is 87.8 cm³/mol. The van der Waals surface area contributed by atoms with Gasteiger partial charge in [0.1, 0.15) is 0 Å². The van der Waals surface area contributed by atoms with E-state index in [1.807, 2.05) is 34.8 Å². The van der Waals surface area contributed by atoms with Crippen molar-refractivity contribution in [3.63, 3.8) is 0 Å². The van der Waals surface area contributed by atoms with Gasteiger partial charge in [0.05, 0.1) is 11.1 Å². The van der Waals surface area contributed by atoms with Crippen LogP contribution in [0.25, 0.3) is 27.9 Å². The molecule has 3 aromatic heterocycles. The van der Waals surface area contributed by atoms with Crippen LogP contribution in [-0.2, 0) is 0 Å². The van der Waals surface area contributed by atoms with E-state index in [2.05, 4.69) is 42.1 Å². The Hall–Kier alpha value is -2.75. The number of fused-ring (bicyclic) bond motifs is 3. The quantitative estimate of drug-likeness (QED) is 0.558. The Morgan fingerprint density at radius 1 is 1.00 bits per heavy atom. The highest BCUT2D eigenvalue weighted by Crippen LogP contribution is 2.26. The van der Waals surface area contributed by atoms with Crippen molar-refractivity contribution < 1.29 is 0 Å². The number of benzene rings is 1. The van der Waals surface area contributed by atoms with Crippen LogP contribution < -0.4 is 0 Å². The fourth-order valence-corrected chi connectivity index (χ4v) is 2.71. The van der Waals surface area contributed by atoms with E-state index in [1.165, 1.54) is 0 Å². The number of aromatic nitrogens is 4. The minimum absolute atomic E-state index is 0.349. The van der Waals surface area contributed by atoms with Crippen LogP contribution >= 0.6 is 0 Å². The van der Waals surface area contributed by atoms with Crippen LogP contribution in [0.15, 0.2) is 54.7 Å². The molecule has 0 N–H and O–H groups in total. The van der Waals surface area contributed by atoms with Crippen molar-refractivity contribution in [1.82, 2.24) is 19.6 Å². The maximum atomic E-state index is 4.84. The van der Waals surface area contributed by atoms with Crippen LogP contribution in [0.1, 0.15) is 25.5 Å². The first-order valence-electron chi connectivity index (χ1n) is 7.44. The summed E-state index contributed by atoms with van der Waals surface area (Å²) in [4.78, 5) is 9.19. The first kappa shape index (κ1) is 13.0. The Morgan fingerprint density at radius 2 is 1.82 bits per heavy atom. The number of nitrogens with zero attached hydrogens (tertiary/aromatic N) is 4. The molecule has 0 radical (unpaired) electrons. The fourth-order valence-electron chi connectivity index (χ4n) is 2.71. The molecule has 22 heavy (non-hydrogen) atoms. The summed E-state index contributed by atoms with van der Waals surface area (Å²) in [6.45, 7) is 4.34. The van der Waals surface area contributed by atoms with Gasteiger partial charge >= 0.3 is 0 Å². The molecule has 0 bridgehead atoms. The Labute approximate surface area is 128 Å². The van der Waals surface area contributed by atoms with Crippen LogP contribution in [0.3, 0.4) is 0 Å². The number of rotatable bonds is 2. The van der Waals surface area contributed by atoms with Gasteiger partial charge in [-0.05, 0) is 24.1 Å². The highest BCUT2D eigenvalue weighted by molar-refractivity contribution is 5.90. The van der Waals surface area contributed by atoms with Gasteiger partial charge in [-0.1, -0.05) is 44.2 Å². The molecule has 0 saturated heterocycles. The number of hydrogen-bond acceptors (Lipinski definition) is 3. The summed E-state index contributed by atoms with van der Waals surface area (Å²) in [7, 11) is 0. The largest absolute Gasteiger partial charge is 0.235 e. The smallest absolute Gasteiger partial charge is 0.183 e. The van der Waals surface area contributed by atoms with Gasteiger partial charge in [-0.15, -0.1) is 5.10 Å². The predicted octanol–water partition coefficient (Wildman–Crippen LogP) is 4.07. The van der Waals surface area contributed by atoms with Gasteiger partial charge in [-0.3, -0.25) is 0 Å². The van der Waals surface area contributed by atoms with E-state index >= 15 is 0 Å². The summed E-state index contributed by atoms with van der Waals surface area (Å²) in [5.74, 6) is 0.349. The monoisotopic (exact) mass is 288 g/mol. The molecule has 4 rings (SSSR count). The molecule has 1 aromatic carbocycles. The van der Waals surface area contributed by atoms with Gasteiger partial charge in [-0.25, -0.2) is 14.5 Å². The summed E-state index contributed by atoms with van der Waals surface area (Å²) in [6, 6.07) is 16.3. The minimum Gasteiger partial charge on any atom is -0.235 e. The van der Waals surface area contributed by atoms with Gasteiger partial charge < -0.3 is 0 Å². The Kier molecular flexibility index (Phi) is 2.89. The van der Waals surface area contributed by atoms with Crippen molar-refractivity contribution in [2.75, 3.05) is 0 Å². The van der Waals surface area contributed by atoms with Crippen molar-refractivity contribution in [2.45, 2.75) is 19.8 Å². The van der Waals surface area contributed by atoms with E-state index < -0.39 is 0 Å². The van der Waals surface area contributed by atoms with Gasteiger partial charge in [0, 0.05) is 17.5 Å². The molecular formula is C18H16N4. The zero-order valence-electron chi connectivity index (χ0n) is 12.6. The Balaban J connectivity index is 2.10. The summed E-state index contributed by atoms with van der Waals surface area (Å²) in [5, 5.41) is 5.60. The number of pyridine rings is 1. The van der Waals surface area contributed by atoms with Gasteiger partial charge in [0.15, 0.2) is 11.3 Å². The third kappa shape index (κ3) is 1.96. The Bertz CT molecular complexity index is 955. The van der Waals surface area contributed by atoms with Crippen LogP contribution in [0.4, 0.5) is 0 Å². The average Bonchev–Trinajstić information content (AvgIpc) is 2.93. The lowest BCUT2D eigenvalue weighted by Gasteiger charge is -2.10. The first-order valence-corrected chi connectivity index (χ1v) is 7.44. The van der Waals surface area contributed by atoms with Crippen LogP contribution in [-0.4, -0.2) is 19.6 Å². The maximum absolute atomic E-state index is 4.84. The zero-order chi connectivity index (χ0) is 15.1. The van der Waals surface area contributed by atoms with Gasteiger partial charge in [0.25, 0.3) is 0 Å². The SMILES string of the molecule is CC(C)c1cc(-c2ccccc2)nc2c3cccnc3nn12. The van der Waals surface area contributed by atoms with Crippen molar-refractivity contribution in [2.24, 2.45) is 0 Å². The average molecular weight is 288 g/mol. The molecule has 0 atom stereocenters. The van der Waals surface area contributed by atoms with Crippen LogP contribution in [0.2, 0.25) is 0 Å². The minimum atomic E-state index is 0.349. The lowest BCUT2D eigenvalue weighted by Crippen LogP contribution is -2.03. The third-order valence-corrected chi connectivity index (χ3v) is 3.84. The van der Waals surface area contributed by atoms with Gasteiger partial charge in [0.2, 0.25) is 0 Å². The second kappa shape index (κ2) is 4.91. The van der Waals surface area contributed by atoms with Crippen LogP contribution in [0.5, 0.6) is 0 Å². The molecule has 4 heteroatoms. The fraction of sp³-hybridized carbons (Fsp3) is 0.167. The molecule has 4 nitrogen and oxygen atoms in total. The van der Waals surface area contributed by atoms with Crippen molar-refractivity contribution in [3.8, 4) is 11.3 Å². The maximum Gasteiger partial charge on any atom is 0.183 e. The molecule has 3 heterocycles. The van der Waals surface area contributed by atoms with Crippen molar-refractivity contribution in [3.05, 3.63) is 60.4 Å². The van der Waals surface area contributed by atoms with E-state index in [0.717, 1.165) is 33.6 Å². The van der Waals surface area contributed by atoms with E-state index in [4.69, 9.17) is 4.98 Å². The zero-order valence-corrected chi connectivity index (χ0v) is 12.6. The van der Waals surface area contributed by atoms with Crippen LogP contribution in [0, 0.1) is 0 Å². The lowest BCUT2D eigenvalue weighted by atomic mass is 10.1. The molecule has 108 valence electrons. The van der Waals surface area contributed by atoms with Gasteiger partial charge in [-0.2, -0.15) is 0 Å². The molecule has 4 aromatic rings. The van der Waals surface area contributed by atoms with E-state index in [9.17, 15) is 0 Å². The third-order valence-electron chi connectivity index (χ3n) is 3.84. The molecule has 0 spiro atoms. The highest BCUT2D eigenvalue weighted by Gasteiger charge is 2.15. The second-order valence-electron chi connectivity index (χ2n) is 5.70. The van der Waals surface area contributed by atoms with E-state index in [0.29, 0.717) is 5.92 Å². The lowest BCUT2D eigenvalue weighted by molar-refractivity contribution is 0.754. The summed E-state index contributed by atoms with van der Waals surface area (Å²) in [6.07, 6.45) is 1.77. The normalized spacial score (nSPS) is 11.6. The summed E-state index contributed by atoms with van der Waals surface area (Å²) >= 11 is 0. The highest BCUT2D eigenvalue weighted by atomic mass is 15.3. The standard InChI is InChI=1S/C18H16N4/c1-12(2)16-11-15(13-7-4-3-5-8-13)20-18-14-9-6-10-19-17(14)21-22(16)18/h3-12H,1-2H3. The molecule has 0 fully saturated rings. The van der Waals surface area contributed by atoms with Crippen molar-refractivity contribution in [1.29, 1.82) is 0 Å². The molecule has 0 aliphatic carbocycles. The molecule has 0 aliphatic rings. The van der Waals surface area contributed by atoms with E-state index in [1.54, 1.807) is 6.20 Å². The molecule has 0 saturated carbocycles. The number of hydrogen-bond donors (Lipinski definition) is 0. The molecule has 0 amide bonds. The second-order valence-corrected chi connectivity index (χ2v) is 5.70. The molecule has 0 aliphatic heterocycles. The Morgan fingerprint density at radius 3 is 2.59 bits per heavy atom. The topological polar surface area (TPSA) is 43.1 Å². The van der Waals surface area contributed by atoms with E-state index in [-0.39, 0.29) is 0 Å². The summed E-state index contributed by atoms with van der Waals surface area (Å²) in [5.41, 5.74) is 4.84.